The molecule has 0 saturated heterocycles. The Morgan fingerprint density at radius 2 is 0.453 bits per heavy atom. The number of esters is 4. The first-order chi connectivity index (χ1) is 51.1. The summed E-state index contributed by atoms with van der Waals surface area (Å²) in [5.74, 6) is 1.04. The van der Waals surface area contributed by atoms with Gasteiger partial charge in [-0.1, -0.05) is 402 Å². The number of carbonyl (C=O) groups is 4. The Morgan fingerprint density at radius 3 is 0.670 bits per heavy atom. The Balaban J connectivity index is 5.20. The summed E-state index contributed by atoms with van der Waals surface area (Å²) in [5, 5.41) is 10.7. The van der Waals surface area contributed by atoms with E-state index >= 15 is 0 Å². The van der Waals surface area contributed by atoms with E-state index in [0.29, 0.717) is 31.6 Å². The van der Waals surface area contributed by atoms with Crippen LogP contribution in [0.5, 0.6) is 0 Å². The molecule has 17 nitrogen and oxygen atoms in total. The van der Waals surface area contributed by atoms with Crippen molar-refractivity contribution in [3.63, 3.8) is 0 Å². The highest BCUT2D eigenvalue weighted by Gasteiger charge is 2.31. The molecule has 0 fully saturated rings. The van der Waals surface area contributed by atoms with Gasteiger partial charge in [0.2, 0.25) is 0 Å². The van der Waals surface area contributed by atoms with Crippen LogP contribution in [-0.4, -0.2) is 96.7 Å². The molecule has 0 aliphatic heterocycles. The summed E-state index contributed by atoms with van der Waals surface area (Å²) < 4.78 is 68.9. The minimum atomic E-state index is -4.97. The standard InChI is InChI=1S/C87H170O17P2/c1-9-80(8)66-58-50-41-35-29-23-19-20-26-32-38-44-54-62-69-86(91)103-82(73-97-84(89)67-59-51-42-36-30-24-18-14-16-22-28-34-40-48-56-64-78(4)5)75-101-105(93,94)99-71-81(88)72-100-106(95,96)102-76-83(74-98-85(90)68-60-52-46-45-49-57-65-79(6)7)104-87(92)70-61-53-43-37-31-25-17-13-11-10-12-15-21-27-33-39-47-55-63-77(2)3/h77-83,88H,9-76H2,1-8H3,(H,93,94)(H,95,96)/t80?,81?,82-,83-/m1/s1. The number of phosphoric ester groups is 2. The van der Waals surface area contributed by atoms with Crippen LogP contribution in [0.2, 0.25) is 0 Å². The molecule has 0 aliphatic carbocycles. The third kappa shape index (κ3) is 78.7. The number of carbonyl (C=O) groups excluding carboxylic acids is 4. The van der Waals surface area contributed by atoms with Crippen LogP contribution in [0.1, 0.15) is 453 Å². The van der Waals surface area contributed by atoms with Gasteiger partial charge in [-0.25, -0.2) is 9.13 Å². The number of hydrogen-bond acceptors (Lipinski definition) is 15. The maximum absolute atomic E-state index is 13.1. The van der Waals surface area contributed by atoms with Crippen molar-refractivity contribution in [3.8, 4) is 0 Å². The van der Waals surface area contributed by atoms with Gasteiger partial charge in [0.05, 0.1) is 26.4 Å². The van der Waals surface area contributed by atoms with Gasteiger partial charge in [0, 0.05) is 25.7 Å². The van der Waals surface area contributed by atoms with E-state index in [1.807, 2.05) is 0 Å². The number of hydrogen-bond donors (Lipinski definition) is 3. The van der Waals surface area contributed by atoms with E-state index in [9.17, 15) is 43.2 Å². The van der Waals surface area contributed by atoms with Gasteiger partial charge >= 0.3 is 39.5 Å². The van der Waals surface area contributed by atoms with Crippen LogP contribution >= 0.6 is 15.6 Å². The minimum Gasteiger partial charge on any atom is -0.462 e. The lowest BCUT2D eigenvalue weighted by Crippen LogP contribution is -2.30. The zero-order valence-corrected chi connectivity index (χ0v) is 71.9. The second-order valence-corrected chi connectivity index (χ2v) is 35.9. The summed E-state index contributed by atoms with van der Waals surface area (Å²) in [4.78, 5) is 73.2. The third-order valence-electron chi connectivity index (χ3n) is 20.7. The highest BCUT2D eigenvalue weighted by Crippen LogP contribution is 2.45. The Labute approximate surface area is 651 Å². The molecule has 0 aromatic heterocycles. The number of phosphoric acid groups is 2. The molecular weight excluding hydrogens is 1380 g/mol. The van der Waals surface area contributed by atoms with Gasteiger partial charge in [-0.15, -0.1) is 0 Å². The average Bonchev–Trinajstić information content (AvgIpc) is 0.901. The Kier molecular flexibility index (Phi) is 74.3. The maximum atomic E-state index is 13.1. The van der Waals surface area contributed by atoms with Crippen molar-refractivity contribution in [2.24, 2.45) is 23.7 Å². The molecule has 6 atom stereocenters. The first-order valence-electron chi connectivity index (χ1n) is 44.7. The van der Waals surface area contributed by atoms with Crippen molar-refractivity contribution in [2.45, 2.75) is 472 Å². The Hall–Kier alpha value is -1.94. The van der Waals surface area contributed by atoms with E-state index in [1.165, 1.54) is 250 Å². The number of rotatable bonds is 84. The van der Waals surface area contributed by atoms with Crippen LogP contribution in [0.25, 0.3) is 0 Å². The lowest BCUT2D eigenvalue weighted by atomic mass is 9.99. The highest BCUT2D eigenvalue weighted by molar-refractivity contribution is 7.47. The summed E-state index contributed by atoms with van der Waals surface area (Å²) in [6.07, 6.45) is 65.4. The topological polar surface area (TPSA) is 237 Å². The zero-order valence-electron chi connectivity index (χ0n) is 70.1. The lowest BCUT2D eigenvalue weighted by Gasteiger charge is -2.21. The second kappa shape index (κ2) is 75.7. The molecule has 106 heavy (non-hydrogen) atoms. The van der Waals surface area contributed by atoms with Crippen LogP contribution in [0.15, 0.2) is 0 Å². The SMILES string of the molecule is CCC(C)CCCCCCCCCCCCCCCCC(=O)O[C@H](COC(=O)CCCCCCCCCCCCCCCCCC(C)C)COP(=O)(O)OCC(O)COP(=O)(O)OC[C@@H](COC(=O)CCCCCCCCC(C)C)OC(=O)CCCCCCCCCCCCCCCCCCCCC(C)C. The van der Waals surface area contributed by atoms with Gasteiger partial charge in [-0.2, -0.15) is 0 Å². The van der Waals surface area contributed by atoms with Crippen molar-refractivity contribution in [2.75, 3.05) is 39.6 Å². The molecule has 0 amide bonds. The van der Waals surface area contributed by atoms with E-state index in [0.717, 1.165) is 114 Å². The summed E-state index contributed by atoms with van der Waals surface area (Å²) >= 11 is 0. The Morgan fingerprint density at radius 1 is 0.264 bits per heavy atom. The third-order valence-corrected chi connectivity index (χ3v) is 22.6. The van der Waals surface area contributed by atoms with Crippen molar-refractivity contribution >= 4 is 39.5 Å². The van der Waals surface area contributed by atoms with Crippen LogP contribution in [0, 0.1) is 23.7 Å². The number of aliphatic hydroxyl groups is 1. The highest BCUT2D eigenvalue weighted by atomic mass is 31.2. The fraction of sp³-hybridized carbons (Fsp3) is 0.954. The fourth-order valence-corrected chi connectivity index (χ4v) is 15.0. The number of aliphatic hydroxyl groups excluding tert-OH is 1. The molecule has 3 N–H and O–H groups in total. The first-order valence-corrected chi connectivity index (χ1v) is 47.7. The van der Waals surface area contributed by atoms with E-state index < -0.39 is 97.5 Å². The predicted molar refractivity (Wildman–Crippen MR) is 437 cm³/mol. The molecule has 0 radical (unpaired) electrons. The monoisotopic (exact) mass is 1550 g/mol. The largest absolute Gasteiger partial charge is 0.472 e. The van der Waals surface area contributed by atoms with Crippen molar-refractivity contribution < 1.29 is 80.2 Å². The number of ether oxygens (including phenoxy) is 4. The van der Waals surface area contributed by atoms with Crippen LogP contribution in [0.3, 0.4) is 0 Å². The molecule has 0 aromatic rings. The normalized spacial score (nSPS) is 14.2. The van der Waals surface area contributed by atoms with Gasteiger partial charge in [0.1, 0.15) is 19.3 Å². The molecule has 0 spiro atoms. The molecule has 0 aromatic carbocycles. The summed E-state index contributed by atoms with van der Waals surface area (Å²) in [5.41, 5.74) is 0. The van der Waals surface area contributed by atoms with Crippen molar-refractivity contribution in [1.29, 1.82) is 0 Å². The molecule has 19 heteroatoms. The van der Waals surface area contributed by atoms with Gasteiger partial charge in [0.15, 0.2) is 12.2 Å². The minimum absolute atomic E-state index is 0.107. The maximum Gasteiger partial charge on any atom is 0.472 e. The van der Waals surface area contributed by atoms with Crippen LogP contribution in [0.4, 0.5) is 0 Å². The quantitative estimate of drug-likeness (QED) is 0.0222. The fourth-order valence-electron chi connectivity index (χ4n) is 13.5. The molecule has 0 aliphatic rings. The van der Waals surface area contributed by atoms with E-state index in [1.54, 1.807) is 0 Å². The molecule has 0 saturated carbocycles. The van der Waals surface area contributed by atoms with E-state index in [2.05, 4.69) is 55.4 Å². The molecular formula is C87H170O17P2. The van der Waals surface area contributed by atoms with Gasteiger partial charge in [-0.3, -0.25) is 37.3 Å². The van der Waals surface area contributed by atoms with E-state index in [-0.39, 0.29) is 25.7 Å². The Bertz CT molecular complexity index is 2060. The molecule has 0 rings (SSSR count). The van der Waals surface area contributed by atoms with Gasteiger partial charge in [0.25, 0.3) is 0 Å². The second-order valence-electron chi connectivity index (χ2n) is 33.0. The molecule has 0 heterocycles. The summed E-state index contributed by atoms with van der Waals surface area (Å²) in [6, 6.07) is 0. The smallest absolute Gasteiger partial charge is 0.462 e. The lowest BCUT2D eigenvalue weighted by molar-refractivity contribution is -0.161. The summed E-state index contributed by atoms with van der Waals surface area (Å²) in [6.45, 7) is 14.3. The predicted octanol–water partition coefficient (Wildman–Crippen LogP) is 26.3. The van der Waals surface area contributed by atoms with Crippen molar-refractivity contribution in [3.05, 3.63) is 0 Å². The van der Waals surface area contributed by atoms with Gasteiger partial charge in [-0.05, 0) is 49.4 Å². The average molecular weight is 1550 g/mol. The van der Waals surface area contributed by atoms with Gasteiger partial charge < -0.3 is 33.8 Å². The molecule has 0 bridgehead atoms. The van der Waals surface area contributed by atoms with Crippen LogP contribution < -0.4 is 0 Å². The summed E-state index contributed by atoms with van der Waals surface area (Å²) in [7, 11) is -9.93. The molecule has 4 unspecified atom stereocenters. The van der Waals surface area contributed by atoms with E-state index in [4.69, 9.17) is 37.0 Å². The molecule has 630 valence electrons. The number of unbranched alkanes of at least 4 members (excludes halogenated alkanes) is 49. The first kappa shape index (κ1) is 104. The van der Waals surface area contributed by atoms with Crippen LogP contribution in [-0.2, 0) is 65.4 Å². The van der Waals surface area contributed by atoms with Crippen molar-refractivity contribution in [1.82, 2.24) is 0 Å². The zero-order chi connectivity index (χ0) is 78.1.